The van der Waals surface area contributed by atoms with Gasteiger partial charge in [0.25, 0.3) is 5.91 Å². The molecule has 20 heavy (non-hydrogen) atoms. The van der Waals surface area contributed by atoms with Crippen molar-refractivity contribution < 1.29 is 14.3 Å². The minimum atomic E-state index is -0.109. The number of hydrogen-bond acceptors (Lipinski definition) is 5. The van der Waals surface area contributed by atoms with Crippen molar-refractivity contribution in [2.75, 3.05) is 33.4 Å². The maximum Gasteiger partial charge on any atom is 0.273 e. The second-order valence-corrected chi connectivity index (χ2v) is 6.43. The van der Waals surface area contributed by atoms with E-state index in [9.17, 15) is 4.79 Å². The minimum Gasteiger partial charge on any atom is -0.385 e. The molecule has 2 aliphatic rings. The van der Waals surface area contributed by atoms with Crippen LogP contribution in [0.4, 0.5) is 0 Å². The topological polar surface area (TPSA) is 51.7 Å². The fourth-order valence-corrected chi connectivity index (χ4v) is 3.68. The summed E-state index contributed by atoms with van der Waals surface area (Å²) in [6, 6.07) is 0. The van der Waals surface area contributed by atoms with E-state index in [4.69, 9.17) is 9.47 Å². The van der Waals surface area contributed by atoms with E-state index in [-0.39, 0.29) is 11.5 Å². The predicted octanol–water partition coefficient (Wildman–Crippen LogP) is 1.80. The van der Waals surface area contributed by atoms with E-state index in [0.717, 1.165) is 32.5 Å². The van der Waals surface area contributed by atoms with Crippen LogP contribution in [-0.4, -0.2) is 54.8 Å². The van der Waals surface area contributed by atoms with Crippen LogP contribution in [0.2, 0.25) is 0 Å². The Kier molecular flexibility index (Phi) is 4.05. The van der Waals surface area contributed by atoms with Crippen molar-refractivity contribution in [3.05, 3.63) is 16.6 Å². The SMILES string of the molecule is COCCC1CCOC2(C1)CN(C(=O)c1cscn1)C2. The van der Waals surface area contributed by atoms with Gasteiger partial charge in [-0.05, 0) is 25.2 Å². The summed E-state index contributed by atoms with van der Waals surface area (Å²) >= 11 is 1.45. The Morgan fingerprint density at radius 1 is 1.65 bits per heavy atom. The lowest BCUT2D eigenvalue weighted by molar-refractivity contribution is -0.167. The van der Waals surface area contributed by atoms with Gasteiger partial charge in [0, 0.05) is 25.7 Å². The van der Waals surface area contributed by atoms with E-state index < -0.39 is 0 Å². The highest BCUT2D eigenvalue weighted by Crippen LogP contribution is 2.38. The zero-order valence-electron chi connectivity index (χ0n) is 11.7. The van der Waals surface area contributed by atoms with Gasteiger partial charge in [-0.2, -0.15) is 0 Å². The van der Waals surface area contributed by atoms with E-state index in [1.807, 2.05) is 4.90 Å². The van der Waals surface area contributed by atoms with Crippen LogP contribution in [0, 0.1) is 5.92 Å². The van der Waals surface area contributed by atoms with Crippen molar-refractivity contribution >= 4 is 17.2 Å². The molecule has 1 amide bonds. The van der Waals surface area contributed by atoms with Crippen LogP contribution in [0.25, 0.3) is 0 Å². The van der Waals surface area contributed by atoms with Crippen molar-refractivity contribution in [3.8, 4) is 0 Å². The number of ether oxygens (including phenoxy) is 2. The summed E-state index contributed by atoms with van der Waals surface area (Å²) in [6.45, 7) is 3.01. The molecule has 3 rings (SSSR count). The molecule has 3 heterocycles. The molecular formula is C14H20N2O3S. The third kappa shape index (κ3) is 2.73. The van der Waals surface area contributed by atoms with Crippen LogP contribution in [0.5, 0.6) is 0 Å². The summed E-state index contributed by atoms with van der Waals surface area (Å²) in [5.74, 6) is 0.680. The highest BCUT2D eigenvalue weighted by molar-refractivity contribution is 7.07. The number of carbonyl (C=O) groups is 1. The maximum atomic E-state index is 12.2. The first kappa shape index (κ1) is 14.0. The zero-order chi connectivity index (χ0) is 14.0. The molecule has 0 aromatic carbocycles. The highest BCUT2D eigenvalue weighted by atomic mass is 32.1. The molecule has 1 atom stereocenters. The van der Waals surface area contributed by atoms with E-state index >= 15 is 0 Å². The lowest BCUT2D eigenvalue weighted by Gasteiger charge is -2.53. The van der Waals surface area contributed by atoms with E-state index in [0.29, 0.717) is 24.7 Å². The molecule has 1 unspecified atom stereocenters. The van der Waals surface area contributed by atoms with Gasteiger partial charge < -0.3 is 14.4 Å². The van der Waals surface area contributed by atoms with Gasteiger partial charge in [0.2, 0.25) is 0 Å². The summed E-state index contributed by atoms with van der Waals surface area (Å²) in [4.78, 5) is 18.1. The second kappa shape index (κ2) is 5.79. The Bertz CT molecular complexity index is 457. The lowest BCUT2D eigenvalue weighted by atomic mass is 9.79. The second-order valence-electron chi connectivity index (χ2n) is 5.71. The first-order valence-corrected chi connectivity index (χ1v) is 7.97. The van der Waals surface area contributed by atoms with Gasteiger partial charge in [-0.1, -0.05) is 0 Å². The van der Waals surface area contributed by atoms with E-state index in [1.54, 1.807) is 18.0 Å². The minimum absolute atomic E-state index is 0.0273. The largest absolute Gasteiger partial charge is 0.385 e. The molecule has 2 saturated heterocycles. The summed E-state index contributed by atoms with van der Waals surface area (Å²) < 4.78 is 11.1. The van der Waals surface area contributed by atoms with Gasteiger partial charge in [-0.3, -0.25) is 4.79 Å². The monoisotopic (exact) mass is 296 g/mol. The quantitative estimate of drug-likeness (QED) is 0.850. The molecule has 0 aliphatic carbocycles. The third-order valence-corrected chi connectivity index (χ3v) is 4.81. The molecular weight excluding hydrogens is 276 g/mol. The van der Waals surface area contributed by atoms with Gasteiger partial charge >= 0.3 is 0 Å². The molecule has 1 aromatic rings. The van der Waals surface area contributed by atoms with Crippen LogP contribution in [0.1, 0.15) is 29.8 Å². The fraction of sp³-hybridized carbons (Fsp3) is 0.714. The van der Waals surface area contributed by atoms with Crippen molar-refractivity contribution in [1.82, 2.24) is 9.88 Å². The molecule has 1 aromatic heterocycles. The predicted molar refractivity (Wildman–Crippen MR) is 75.9 cm³/mol. The van der Waals surface area contributed by atoms with Crippen LogP contribution >= 0.6 is 11.3 Å². The number of aromatic nitrogens is 1. The molecule has 0 bridgehead atoms. The van der Waals surface area contributed by atoms with E-state index in [2.05, 4.69) is 4.98 Å². The molecule has 0 radical (unpaired) electrons. The van der Waals surface area contributed by atoms with Crippen molar-refractivity contribution in [1.29, 1.82) is 0 Å². The molecule has 110 valence electrons. The summed E-state index contributed by atoms with van der Waals surface area (Å²) in [6.07, 6.45) is 3.23. The standard InChI is InChI=1S/C14H20N2O3S/c1-18-4-2-11-3-5-19-14(6-11)8-16(9-14)13(17)12-7-20-10-15-12/h7,10-11H,2-6,8-9H2,1H3. The number of hydrogen-bond donors (Lipinski definition) is 0. The Morgan fingerprint density at radius 2 is 2.50 bits per heavy atom. The Balaban J connectivity index is 1.54. The molecule has 5 nitrogen and oxygen atoms in total. The molecule has 2 aliphatic heterocycles. The maximum absolute atomic E-state index is 12.2. The van der Waals surface area contributed by atoms with Crippen LogP contribution in [0.3, 0.4) is 0 Å². The average molecular weight is 296 g/mol. The number of likely N-dealkylation sites (tertiary alicyclic amines) is 1. The van der Waals surface area contributed by atoms with Crippen molar-refractivity contribution in [2.24, 2.45) is 5.92 Å². The normalized spacial score (nSPS) is 24.6. The van der Waals surface area contributed by atoms with Crippen molar-refractivity contribution in [3.63, 3.8) is 0 Å². The Labute approximate surface area is 122 Å². The highest BCUT2D eigenvalue weighted by Gasteiger charge is 2.49. The molecule has 2 fully saturated rings. The average Bonchev–Trinajstić information content (AvgIpc) is 2.96. The first-order chi connectivity index (χ1) is 9.72. The lowest BCUT2D eigenvalue weighted by Crippen LogP contribution is -2.66. The van der Waals surface area contributed by atoms with Gasteiger partial charge in [0.1, 0.15) is 11.3 Å². The number of rotatable bonds is 4. The molecule has 1 spiro atoms. The smallest absolute Gasteiger partial charge is 0.273 e. The van der Waals surface area contributed by atoms with Crippen LogP contribution in [-0.2, 0) is 9.47 Å². The fourth-order valence-electron chi connectivity index (χ4n) is 3.15. The zero-order valence-corrected chi connectivity index (χ0v) is 12.5. The van der Waals surface area contributed by atoms with Crippen molar-refractivity contribution in [2.45, 2.75) is 24.9 Å². The third-order valence-electron chi connectivity index (χ3n) is 4.22. The first-order valence-electron chi connectivity index (χ1n) is 7.03. The van der Waals surface area contributed by atoms with Crippen LogP contribution in [0.15, 0.2) is 10.9 Å². The van der Waals surface area contributed by atoms with Gasteiger partial charge in [0.15, 0.2) is 0 Å². The van der Waals surface area contributed by atoms with Gasteiger partial charge in [0.05, 0.1) is 18.6 Å². The van der Waals surface area contributed by atoms with E-state index in [1.165, 1.54) is 11.3 Å². The Hall–Kier alpha value is -0.980. The molecule has 0 N–H and O–H groups in total. The number of amides is 1. The number of nitrogens with zero attached hydrogens (tertiary/aromatic N) is 2. The summed E-state index contributed by atoms with van der Waals surface area (Å²) in [7, 11) is 1.74. The molecule has 6 heteroatoms. The molecule has 0 saturated carbocycles. The number of carbonyl (C=O) groups excluding carboxylic acids is 1. The van der Waals surface area contributed by atoms with Gasteiger partial charge in [-0.25, -0.2) is 4.98 Å². The summed E-state index contributed by atoms with van der Waals surface area (Å²) in [5, 5.41) is 1.80. The number of thiazole rings is 1. The van der Waals surface area contributed by atoms with Gasteiger partial charge in [-0.15, -0.1) is 11.3 Å². The Morgan fingerprint density at radius 3 is 3.20 bits per heavy atom. The number of methoxy groups -OCH3 is 1. The summed E-state index contributed by atoms with van der Waals surface area (Å²) in [5.41, 5.74) is 2.14. The van der Waals surface area contributed by atoms with Crippen LogP contribution < -0.4 is 0 Å².